The topological polar surface area (TPSA) is 80.0 Å². The number of fused-ring (bicyclic) bond motifs is 1. The first-order valence-electron chi connectivity index (χ1n) is 10.8. The van der Waals surface area contributed by atoms with E-state index in [1.807, 2.05) is 37.4 Å². The molecule has 0 aromatic carbocycles. The van der Waals surface area contributed by atoms with Gasteiger partial charge in [0.2, 0.25) is 0 Å². The Morgan fingerprint density at radius 1 is 1.12 bits per heavy atom. The summed E-state index contributed by atoms with van der Waals surface area (Å²) in [6.45, 7) is 1.98. The number of carbonyl (C=O) groups excluding carboxylic acids is 1. The minimum absolute atomic E-state index is 0.192. The van der Waals surface area contributed by atoms with Crippen molar-refractivity contribution in [2.45, 2.75) is 38.6 Å². The number of rotatable bonds is 6. The van der Waals surface area contributed by atoms with Gasteiger partial charge in [0.05, 0.1) is 12.3 Å². The Balaban J connectivity index is 1.61. The van der Waals surface area contributed by atoms with Crippen LogP contribution in [0.2, 0.25) is 0 Å². The fourth-order valence-electron chi connectivity index (χ4n) is 4.20. The van der Waals surface area contributed by atoms with Crippen molar-refractivity contribution in [3.05, 3.63) is 94.1 Å². The third-order valence-corrected chi connectivity index (χ3v) is 6.89. The van der Waals surface area contributed by atoms with Gasteiger partial charge in [0, 0.05) is 28.5 Å². The number of hydrogen-bond acceptors (Lipinski definition) is 6. The molecule has 4 heterocycles. The van der Waals surface area contributed by atoms with Gasteiger partial charge in [-0.05, 0) is 74.1 Å². The van der Waals surface area contributed by atoms with E-state index in [2.05, 4.69) is 26.7 Å². The van der Waals surface area contributed by atoms with Crippen molar-refractivity contribution in [1.29, 1.82) is 0 Å². The normalized spacial score (nSPS) is 13.9. The van der Waals surface area contributed by atoms with E-state index < -0.39 is 0 Å². The van der Waals surface area contributed by atoms with Gasteiger partial charge in [-0.1, -0.05) is 12.1 Å². The van der Waals surface area contributed by atoms with Crippen LogP contribution in [-0.4, -0.2) is 15.9 Å². The van der Waals surface area contributed by atoms with Crippen molar-refractivity contribution in [1.82, 2.24) is 9.97 Å². The Kier molecular flexibility index (Phi) is 5.73. The summed E-state index contributed by atoms with van der Waals surface area (Å²) in [5.41, 5.74) is 4.39. The van der Waals surface area contributed by atoms with E-state index in [0.29, 0.717) is 5.76 Å². The first kappa shape index (κ1) is 20.5. The standard InChI is InChI=1S/C25H24N4O2S/c1-16-7-4-12-21(27-16)28-23(17-8-5-13-26-15-17)22-18-9-2-3-11-20(18)32-25(22)29-24(30)19-10-6-14-31-19/h4-8,10,12-15,23H,2-3,9,11H2,1H3,(H,27,28)(H,29,30). The summed E-state index contributed by atoms with van der Waals surface area (Å²) in [6, 6.07) is 13.1. The van der Waals surface area contributed by atoms with E-state index >= 15 is 0 Å². The van der Waals surface area contributed by atoms with Crippen LogP contribution in [0.1, 0.15) is 56.7 Å². The van der Waals surface area contributed by atoms with Gasteiger partial charge >= 0.3 is 0 Å². The van der Waals surface area contributed by atoms with Crippen LogP contribution in [0.3, 0.4) is 0 Å². The lowest BCUT2D eigenvalue weighted by molar-refractivity contribution is 0.0997. The minimum atomic E-state index is -0.242. The number of aryl methyl sites for hydroxylation is 2. The Labute approximate surface area is 190 Å². The zero-order valence-corrected chi connectivity index (χ0v) is 18.6. The van der Waals surface area contributed by atoms with E-state index in [1.54, 1.807) is 29.7 Å². The van der Waals surface area contributed by atoms with Crippen molar-refractivity contribution in [3.63, 3.8) is 0 Å². The summed E-state index contributed by atoms with van der Waals surface area (Å²) in [5.74, 6) is 0.847. The predicted octanol–water partition coefficient (Wildman–Crippen LogP) is 5.77. The average Bonchev–Trinajstić information content (AvgIpc) is 3.46. The average molecular weight is 445 g/mol. The molecule has 1 aliphatic rings. The highest BCUT2D eigenvalue weighted by atomic mass is 32.1. The number of amides is 1. The van der Waals surface area contributed by atoms with Crippen molar-refractivity contribution < 1.29 is 9.21 Å². The molecule has 0 radical (unpaired) electrons. The fraction of sp³-hybridized carbons (Fsp3) is 0.240. The largest absolute Gasteiger partial charge is 0.459 e. The number of hydrogen-bond donors (Lipinski definition) is 2. The predicted molar refractivity (Wildman–Crippen MR) is 126 cm³/mol. The Hall–Kier alpha value is -3.45. The lowest BCUT2D eigenvalue weighted by Gasteiger charge is -2.24. The number of carbonyl (C=O) groups is 1. The summed E-state index contributed by atoms with van der Waals surface area (Å²) in [6.07, 6.45) is 9.50. The van der Waals surface area contributed by atoms with E-state index in [9.17, 15) is 4.79 Å². The van der Waals surface area contributed by atoms with Crippen LogP contribution in [-0.2, 0) is 12.8 Å². The monoisotopic (exact) mass is 444 g/mol. The molecule has 1 aliphatic carbocycles. The van der Waals surface area contributed by atoms with Crippen LogP contribution < -0.4 is 10.6 Å². The van der Waals surface area contributed by atoms with Gasteiger partial charge in [-0.2, -0.15) is 0 Å². The maximum absolute atomic E-state index is 12.9. The number of pyridine rings is 2. The number of anilines is 2. The van der Waals surface area contributed by atoms with Gasteiger partial charge in [0.15, 0.2) is 5.76 Å². The molecular weight excluding hydrogens is 420 g/mol. The Bertz CT molecular complexity index is 1220. The molecule has 0 saturated carbocycles. The molecule has 1 unspecified atom stereocenters. The summed E-state index contributed by atoms with van der Waals surface area (Å²) in [5, 5.41) is 7.59. The van der Waals surface area contributed by atoms with Crippen molar-refractivity contribution in [2.75, 3.05) is 10.6 Å². The van der Waals surface area contributed by atoms with Crippen LogP contribution >= 0.6 is 11.3 Å². The highest BCUT2D eigenvalue weighted by Gasteiger charge is 2.29. The highest BCUT2D eigenvalue weighted by Crippen LogP contribution is 2.44. The molecule has 6 nitrogen and oxygen atoms in total. The van der Waals surface area contributed by atoms with Crippen LogP contribution in [0.5, 0.6) is 0 Å². The molecule has 0 spiro atoms. The molecule has 5 rings (SSSR count). The molecule has 4 aromatic heterocycles. The summed E-state index contributed by atoms with van der Waals surface area (Å²) in [4.78, 5) is 23.2. The smallest absolute Gasteiger partial charge is 0.291 e. The molecule has 0 fully saturated rings. The van der Waals surface area contributed by atoms with Gasteiger partial charge in [-0.15, -0.1) is 11.3 Å². The molecule has 1 amide bonds. The van der Waals surface area contributed by atoms with Gasteiger partial charge in [-0.3, -0.25) is 9.78 Å². The van der Waals surface area contributed by atoms with E-state index in [-0.39, 0.29) is 11.9 Å². The molecular formula is C25H24N4O2S. The number of nitrogens with one attached hydrogen (secondary N) is 2. The lowest BCUT2D eigenvalue weighted by atomic mass is 9.90. The molecule has 32 heavy (non-hydrogen) atoms. The lowest BCUT2D eigenvalue weighted by Crippen LogP contribution is -2.19. The van der Waals surface area contributed by atoms with Gasteiger partial charge in [0.1, 0.15) is 10.8 Å². The zero-order valence-electron chi connectivity index (χ0n) is 17.8. The molecule has 2 N–H and O–H groups in total. The summed E-state index contributed by atoms with van der Waals surface area (Å²) in [7, 11) is 0. The number of furan rings is 1. The molecule has 1 atom stereocenters. The fourth-order valence-corrected chi connectivity index (χ4v) is 5.52. The van der Waals surface area contributed by atoms with E-state index in [0.717, 1.165) is 46.9 Å². The number of aromatic nitrogens is 2. The minimum Gasteiger partial charge on any atom is -0.459 e. The van der Waals surface area contributed by atoms with Gasteiger partial charge in [-0.25, -0.2) is 4.98 Å². The molecule has 0 aliphatic heterocycles. The SMILES string of the molecule is Cc1cccc(NC(c2cccnc2)c2c(NC(=O)c3ccco3)sc3c2CCCC3)n1. The highest BCUT2D eigenvalue weighted by molar-refractivity contribution is 7.16. The van der Waals surface area contributed by atoms with Crippen molar-refractivity contribution in [2.24, 2.45) is 0 Å². The maximum atomic E-state index is 12.9. The molecule has 7 heteroatoms. The van der Waals surface area contributed by atoms with Gasteiger partial charge in [0.25, 0.3) is 5.91 Å². The third kappa shape index (κ3) is 4.16. The quantitative estimate of drug-likeness (QED) is 0.394. The van der Waals surface area contributed by atoms with Gasteiger partial charge < -0.3 is 15.1 Å². The second-order valence-electron chi connectivity index (χ2n) is 7.91. The zero-order chi connectivity index (χ0) is 21.9. The van der Waals surface area contributed by atoms with Crippen LogP contribution in [0.15, 0.2) is 65.5 Å². The Morgan fingerprint density at radius 3 is 2.81 bits per heavy atom. The number of nitrogens with zero attached hydrogens (tertiary/aromatic N) is 2. The summed E-state index contributed by atoms with van der Waals surface area (Å²) >= 11 is 1.67. The molecule has 0 bridgehead atoms. The Morgan fingerprint density at radius 2 is 2.03 bits per heavy atom. The first-order chi connectivity index (χ1) is 15.7. The second kappa shape index (κ2) is 8.96. The third-order valence-electron chi connectivity index (χ3n) is 5.67. The molecule has 0 saturated heterocycles. The van der Waals surface area contributed by atoms with E-state index in [1.165, 1.54) is 23.1 Å². The van der Waals surface area contributed by atoms with Crippen LogP contribution in [0, 0.1) is 6.92 Å². The number of thiophene rings is 1. The molecule has 4 aromatic rings. The first-order valence-corrected chi connectivity index (χ1v) is 11.6. The van der Waals surface area contributed by atoms with Crippen LogP contribution in [0.25, 0.3) is 0 Å². The molecule has 162 valence electrons. The second-order valence-corrected chi connectivity index (χ2v) is 9.02. The van der Waals surface area contributed by atoms with Crippen molar-refractivity contribution >= 4 is 28.1 Å². The summed E-state index contributed by atoms with van der Waals surface area (Å²) < 4.78 is 5.32. The maximum Gasteiger partial charge on any atom is 0.291 e. The van der Waals surface area contributed by atoms with Crippen molar-refractivity contribution in [3.8, 4) is 0 Å². The van der Waals surface area contributed by atoms with E-state index in [4.69, 9.17) is 4.42 Å². The van der Waals surface area contributed by atoms with Crippen LogP contribution in [0.4, 0.5) is 10.8 Å².